The maximum atomic E-state index is 5.71. The fraction of sp³-hybridized carbons (Fsp3) is 0.167. The SMILES string of the molecule is Nn1c(COc2cccc(OCc3n[nH]c(=S)n3N)c2)n[nH]c1=S. The van der Waals surface area contributed by atoms with Crippen molar-refractivity contribution in [3.63, 3.8) is 0 Å². The number of H-pyrrole nitrogens is 2. The van der Waals surface area contributed by atoms with Crippen molar-refractivity contribution in [2.45, 2.75) is 13.2 Å². The van der Waals surface area contributed by atoms with Crippen molar-refractivity contribution in [3.05, 3.63) is 45.5 Å². The van der Waals surface area contributed by atoms with Gasteiger partial charge in [0.1, 0.15) is 24.7 Å². The molecule has 2 heterocycles. The van der Waals surface area contributed by atoms with Gasteiger partial charge in [-0.05, 0) is 36.6 Å². The second-order valence-corrected chi connectivity index (χ2v) is 5.46. The van der Waals surface area contributed by atoms with E-state index in [1.165, 1.54) is 9.35 Å². The van der Waals surface area contributed by atoms with E-state index in [0.717, 1.165) is 0 Å². The lowest BCUT2D eigenvalue weighted by Crippen LogP contribution is -2.15. The van der Waals surface area contributed by atoms with Crippen LogP contribution in [-0.4, -0.2) is 29.7 Å². The predicted molar refractivity (Wildman–Crippen MR) is 90.2 cm³/mol. The van der Waals surface area contributed by atoms with Gasteiger partial charge in [0.15, 0.2) is 11.6 Å². The van der Waals surface area contributed by atoms with Crippen LogP contribution in [0.2, 0.25) is 0 Å². The van der Waals surface area contributed by atoms with E-state index in [0.29, 0.717) is 32.7 Å². The van der Waals surface area contributed by atoms with Gasteiger partial charge in [-0.15, -0.1) is 0 Å². The normalized spacial score (nSPS) is 10.7. The van der Waals surface area contributed by atoms with E-state index in [-0.39, 0.29) is 13.2 Å². The summed E-state index contributed by atoms with van der Waals surface area (Å²) < 4.78 is 14.4. The van der Waals surface area contributed by atoms with Crippen molar-refractivity contribution < 1.29 is 9.47 Å². The van der Waals surface area contributed by atoms with Gasteiger partial charge in [0, 0.05) is 6.07 Å². The van der Waals surface area contributed by atoms with Crippen molar-refractivity contribution >= 4 is 24.4 Å². The Morgan fingerprint density at radius 2 is 1.38 bits per heavy atom. The Labute approximate surface area is 145 Å². The first-order valence-electron chi connectivity index (χ1n) is 6.73. The van der Waals surface area contributed by atoms with Crippen LogP contribution in [0.15, 0.2) is 24.3 Å². The van der Waals surface area contributed by atoms with Crippen LogP contribution in [0.3, 0.4) is 0 Å². The molecule has 2 aromatic heterocycles. The van der Waals surface area contributed by atoms with Gasteiger partial charge in [-0.25, -0.2) is 9.35 Å². The average Bonchev–Trinajstić information content (AvgIpc) is 3.08. The summed E-state index contributed by atoms with van der Waals surface area (Å²) >= 11 is 9.87. The van der Waals surface area contributed by atoms with Crippen molar-refractivity contribution in [3.8, 4) is 11.5 Å². The number of hydrogen-bond donors (Lipinski definition) is 4. The number of hydrogen-bond acceptors (Lipinski definition) is 8. The summed E-state index contributed by atoms with van der Waals surface area (Å²) in [6.45, 7) is 0.323. The smallest absolute Gasteiger partial charge is 0.214 e. The van der Waals surface area contributed by atoms with E-state index in [1.807, 2.05) is 0 Å². The lowest BCUT2D eigenvalue weighted by molar-refractivity contribution is 0.277. The fourth-order valence-electron chi connectivity index (χ4n) is 1.83. The summed E-state index contributed by atoms with van der Waals surface area (Å²) in [7, 11) is 0. The van der Waals surface area contributed by atoms with Crippen molar-refractivity contribution in [1.82, 2.24) is 29.7 Å². The highest BCUT2D eigenvalue weighted by Crippen LogP contribution is 2.20. The van der Waals surface area contributed by atoms with Gasteiger partial charge in [0.2, 0.25) is 9.54 Å². The molecule has 0 atom stereocenters. The number of aromatic nitrogens is 6. The summed E-state index contributed by atoms with van der Waals surface area (Å²) in [5.74, 6) is 13.5. The van der Waals surface area contributed by atoms with E-state index >= 15 is 0 Å². The Kier molecular flexibility index (Phi) is 4.48. The van der Waals surface area contributed by atoms with Crippen LogP contribution < -0.4 is 21.2 Å². The zero-order valence-corrected chi connectivity index (χ0v) is 13.9. The largest absolute Gasteiger partial charge is 0.485 e. The number of ether oxygens (including phenoxy) is 2. The zero-order chi connectivity index (χ0) is 17.1. The molecular weight excluding hydrogens is 352 g/mol. The Bertz CT molecular complexity index is 883. The Hall–Kier alpha value is -2.86. The molecule has 12 heteroatoms. The van der Waals surface area contributed by atoms with Crippen LogP contribution in [0.1, 0.15) is 11.6 Å². The predicted octanol–water partition coefficient (Wildman–Crippen LogP) is 0.780. The summed E-state index contributed by atoms with van der Waals surface area (Å²) in [4.78, 5) is 0. The second-order valence-electron chi connectivity index (χ2n) is 4.68. The third-order valence-electron chi connectivity index (χ3n) is 3.10. The molecule has 126 valence electrons. The van der Waals surface area contributed by atoms with Gasteiger partial charge in [-0.3, -0.25) is 10.2 Å². The van der Waals surface area contributed by atoms with Gasteiger partial charge < -0.3 is 21.2 Å². The number of rotatable bonds is 6. The molecule has 24 heavy (non-hydrogen) atoms. The molecule has 10 nitrogen and oxygen atoms in total. The Morgan fingerprint density at radius 3 is 1.75 bits per heavy atom. The molecule has 0 radical (unpaired) electrons. The van der Waals surface area contributed by atoms with Crippen molar-refractivity contribution in [2.24, 2.45) is 0 Å². The first-order chi connectivity index (χ1) is 11.5. The summed E-state index contributed by atoms with van der Waals surface area (Å²) in [5, 5.41) is 13.1. The quantitative estimate of drug-likeness (QED) is 0.371. The molecular formula is C12H14N8O2S2. The molecule has 0 saturated heterocycles. The molecule has 3 aromatic rings. The first-order valence-corrected chi connectivity index (χ1v) is 7.54. The number of nitrogens with two attached hydrogens (primary N) is 2. The van der Waals surface area contributed by atoms with E-state index in [2.05, 4.69) is 20.4 Å². The highest BCUT2D eigenvalue weighted by molar-refractivity contribution is 7.71. The molecule has 0 aliphatic heterocycles. The molecule has 0 bridgehead atoms. The molecule has 3 rings (SSSR count). The van der Waals surface area contributed by atoms with Crippen LogP contribution in [-0.2, 0) is 13.2 Å². The first kappa shape index (κ1) is 16.0. The molecule has 0 amide bonds. The van der Waals surface area contributed by atoms with Crippen molar-refractivity contribution in [2.75, 3.05) is 11.7 Å². The highest BCUT2D eigenvalue weighted by atomic mass is 32.1. The van der Waals surface area contributed by atoms with E-state index < -0.39 is 0 Å². The zero-order valence-electron chi connectivity index (χ0n) is 12.3. The molecule has 0 fully saturated rings. The summed E-state index contributed by atoms with van der Waals surface area (Å²) in [5.41, 5.74) is 0. The van der Waals surface area contributed by atoms with Gasteiger partial charge in [0.25, 0.3) is 0 Å². The molecule has 0 unspecified atom stereocenters. The van der Waals surface area contributed by atoms with Crippen LogP contribution in [0.4, 0.5) is 0 Å². The van der Waals surface area contributed by atoms with E-state index in [4.69, 9.17) is 45.6 Å². The molecule has 0 aliphatic rings. The average molecular weight is 366 g/mol. The third-order valence-corrected chi connectivity index (χ3v) is 3.67. The minimum Gasteiger partial charge on any atom is -0.485 e. The minimum absolute atomic E-state index is 0.161. The van der Waals surface area contributed by atoms with Crippen LogP contribution in [0.5, 0.6) is 11.5 Å². The number of nitrogens with one attached hydrogen (secondary N) is 2. The molecule has 0 saturated carbocycles. The topological polar surface area (TPSA) is 138 Å². The number of benzene rings is 1. The molecule has 0 aliphatic carbocycles. The molecule has 6 N–H and O–H groups in total. The number of nitrogen functional groups attached to an aromatic ring is 2. The maximum Gasteiger partial charge on any atom is 0.214 e. The van der Waals surface area contributed by atoms with Gasteiger partial charge in [-0.1, -0.05) is 6.07 Å². The van der Waals surface area contributed by atoms with Gasteiger partial charge in [0.05, 0.1) is 0 Å². The number of aromatic amines is 2. The summed E-state index contributed by atoms with van der Waals surface area (Å²) in [6, 6.07) is 7.09. The Balaban J connectivity index is 1.63. The monoisotopic (exact) mass is 366 g/mol. The molecule has 0 spiro atoms. The van der Waals surface area contributed by atoms with E-state index in [1.54, 1.807) is 24.3 Å². The lowest BCUT2D eigenvalue weighted by atomic mass is 10.3. The van der Waals surface area contributed by atoms with Gasteiger partial charge >= 0.3 is 0 Å². The maximum absolute atomic E-state index is 5.71. The molecule has 1 aromatic carbocycles. The minimum atomic E-state index is 0.161. The van der Waals surface area contributed by atoms with E-state index in [9.17, 15) is 0 Å². The van der Waals surface area contributed by atoms with Crippen molar-refractivity contribution in [1.29, 1.82) is 0 Å². The van der Waals surface area contributed by atoms with Crippen LogP contribution >= 0.6 is 24.4 Å². The van der Waals surface area contributed by atoms with Crippen LogP contribution in [0, 0.1) is 9.54 Å². The summed E-state index contributed by atoms with van der Waals surface area (Å²) in [6.07, 6.45) is 0. The fourth-order valence-corrected chi connectivity index (χ4v) is 2.13. The lowest BCUT2D eigenvalue weighted by Gasteiger charge is -2.09. The second kappa shape index (κ2) is 6.72. The Morgan fingerprint density at radius 1 is 0.917 bits per heavy atom. The highest BCUT2D eigenvalue weighted by Gasteiger charge is 2.07. The van der Waals surface area contributed by atoms with Crippen LogP contribution in [0.25, 0.3) is 0 Å². The standard InChI is InChI=1S/C12H14N8O2S2/c13-19-9(15-17-11(19)23)5-21-7-2-1-3-8(4-7)22-6-10-16-18-12(24)20(10)14/h1-4H,5-6,13-14H2,(H,17,23)(H,18,24). The number of nitrogens with zero attached hydrogens (tertiary/aromatic N) is 4. The van der Waals surface area contributed by atoms with Gasteiger partial charge in [-0.2, -0.15) is 10.2 Å². The third kappa shape index (κ3) is 3.38.